The van der Waals surface area contributed by atoms with Crippen LogP contribution in [0, 0.1) is 0 Å². The minimum atomic E-state index is 0.412. The first-order valence-corrected chi connectivity index (χ1v) is 8.54. The number of hydrogen-bond donors (Lipinski definition) is 3. The van der Waals surface area contributed by atoms with Crippen LogP contribution >= 0.6 is 0 Å². The zero-order valence-electron chi connectivity index (χ0n) is 13.7. The first-order valence-electron chi connectivity index (χ1n) is 8.54. The van der Waals surface area contributed by atoms with E-state index in [1.807, 2.05) is 18.2 Å². The van der Waals surface area contributed by atoms with Crippen LogP contribution in [0.1, 0.15) is 18.4 Å². The highest BCUT2D eigenvalue weighted by molar-refractivity contribution is 5.91. The van der Waals surface area contributed by atoms with Gasteiger partial charge in [0.15, 0.2) is 5.82 Å². The molecule has 5 heteroatoms. The van der Waals surface area contributed by atoms with Crippen LogP contribution in [-0.2, 0) is 6.54 Å². The van der Waals surface area contributed by atoms with Crippen LogP contribution in [-0.4, -0.2) is 34.2 Å². The fourth-order valence-corrected chi connectivity index (χ4v) is 3.49. The number of rotatable bonds is 4. The van der Waals surface area contributed by atoms with E-state index in [9.17, 15) is 0 Å². The number of nitrogens with zero attached hydrogens (tertiary/aromatic N) is 2. The molecule has 124 valence electrons. The van der Waals surface area contributed by atoms with Gasteiger partial charge in [0.2, 0.25) is 0 Å². The summed E-state index contributed by atoms with van der Waals surface area (Å²) < 4.78 is 0. The minimum Gasteiger partial charge on any atom is -0.399 e. The van der Waals surface area contributed by atoms with Crippen molar-refractivity contribution >= 4 is 22.4 Å². The summed E-state index contributed by atoms with van der Waals surface area (Å²) in [6.07, 6.45) is 2.37. The van der Waals surface area contributed by atoms with Gasteiger partial charge in [-0.2, -0.15) is 5.10 Å². The van der Waals surface area contributed by atoms with Gasteiger partial charge in [-0.3, -0.25) is 10.00 Å². The van der Waals surface area contributed by atoms with Gasteiger partial charge < -0.3 is 11.1 Å². The Hall–Kier alpha value is -2.53. The largest absolute Gasteiger partial charge is 0.399 e. The van der Waals surface area contributed by atoms with Crippen molar-refractivity contribution in [3.63, 3.8) is 0 Å². The Balaban J connectivity index is 1.45. The molecule has 0 radical (unpaired) electrons. The Labute approximate surface area is 141 Å². The lowest BCUT2D eigenvalue weighted by Crippen LogP contribution is -2.41. The molecule has 0 aliphatic carbocycles. The Morgan fingerprint density at radius 1 is 1.21 bits per heavy atom. The van der Waals surface area contributed by atoms with Crippen molar-refractivity contribution < 1.29 is 0 Å². The minimum absolute atomic E-state index is 0.412. The molecule has 4 rings (SSSR count). The average molecular weight is 321 g/mol. The Bertz CT molecular complexity index is 811. The number of H-pyrrole nitrogens is 1. The van der Waals surface area contributed by atoms with E-state index in [4.69, 9.17) is 5.73 Å². The number of piperidine rings is 1. The van der Waals surface area contributed by atoms with E-state index in [0.717, 1.165) is 42.0 Å². The summed E-state index contributed by atoms with van der Waals surface area (Å²) in [5.41, 5.74) is 9.07. The van der Waals surface area contributed by atoms with E-state index in [1.54, 1.807) is 0 Å². The van der Waals surface area contributed by atoms with Gasteiger partial charge in [-0.15, -0.1) is 0 Å². The maximum atomic E-state index is 5.92. The normalized spacial score (nSPS) is 18.8. The first-order chi connectivity index (χ1) is 11.8. The van der Waals surface area contributed by atoms with Gasteiger partial charge >= 0.3 is 0 Å². The number of nitrogen functional groups attached to an aromatic ring is 1. The van der Waals surface area contributed by atoms with Gasteiger partial charge in [0, 0.05) is 30.2 Å². The molecule has 0 spiro atoms. The molecule has 1 unspecified atom stereocenters. The predicted molar refractivity (Wildman–Crippen MR) is 98.9 cm³/mol. The topological polar surface area (TPSA) is 70.0 Å². The van der Waals surface area contributed by atoms with Crippen LogP contribution in [0.25, 0.3) is 10.9 Å². The molecular weight excluding hydrogens is 298 g/mol. The summed E-state index contributed by atoms with van der Waals surface area (Å²) in [7, 11) is 0. The highest BCUT2D eigenvalue weighted by Gasteiger charge is 2.21. The summed E-state index contributed by atoms with van der Waals surface area (Å²) in [5.74, 6) is 0.906. The molecule has 5 nitrogen and oxygen atoms in total. The molecule has 24 heavy (non-hydrogen) atoms. The third-order valence-corrected chi connectivity index (χ3v) is 4.68. The van der Waals surface area contributed by atoms with Crippen LogP contribution in [0.15, 0.2) is 48.5 Å². The lowest BCUT2D eigenvalue weighted by molar-refractivity contribution is 0.208. The van der Waals surface area contributed by atoms with Gasteiger partial charge in [-0.05, 0) is 43.1 Å². The number of hydrogen-bond acceptors (Lipinski definition) is 4. The number of aromatic nitrogens is 2. The SMILES string of the molecule is Nc1ccc2[nH]nc(NC3CCCN(Cc4ccccc4)C3)c2c1. The fourth-order valence-electron chi connectivity index (χ4n) is 3.49. The number of nitrogens with two attached hydrogens (primary N) is 1. The zero-order valence-corrected chi connectivity index (χ0v) is 13.7. The number of likely N-dealkylation sites (tertiary alicyclic amines) is 1. The number of benzene rings is 2. The van der Waals surface area contributed by atoms with E-state index in [-0.39, 0.29) is 0 Å². The molecule has 1 aliphatic rings. The molecule has 0 amide bonds. The summed E-state index contributed by atoms with van der Waals surface area (Å²) in [6, 6.07) is 16.9. The second kappa shape index (κ2) is 6.53. The van der Waals surface area contributed by atoms with Crippen LogP contribution in [0.2, 0.25) is 0 Å². The van der Waals surface area contributed by atoms with Crippen LogP contribution in [0.3, 0.4) is 0 Å². The number of aromatic amines is 1. The molecule has 1 fully saturated rings. The van der Waals surface area contributed by atoms with Crippen molar-refractivity contribution in [1.29, 1.82) is 0 Å². The summed E-state index contributed by atoms with van der Waals surface area (Å²) in [4.78, 5) is 2.51. The smallest absolute Gasteiger partial charge is 0.156 e. The lowest BCUT2D eigenvalue weighted by Gasteiger charge is -2.33. The molecule has 2 aromatic carbocycles. The van der Waals surface area contributed by atoms with Gasteiger partial charge in [-0.25, -0.2) is 0 Å². The van der Waals surface area contributed by atoms with Gasteiger partial charge in [0.05, 0.1) is 5.52 Å². The number of anilines is 2. The lowest BCUT2D eigenvalue weighted by atomic mass is 10.0. The zero-order chi connectivity index (χ0) is 16.4. The van der Waals surface area contributed by atoms with E-state index >= 15 is 0 Å². The molecule has 1 atom stereocenters. The highest BCUT2D eigenvalue weighted by atomic mass is 15.2. The third kappa shape index (κ3) is 3.21. The van der Waals surface area contributed by atoms with Crippen molar-refractivity contribution in [2.24, 2.45) is 0 Å². The summed E-state index contributed by atoms with van der Waals surface area (Å²) in [6.45, 7) is 3.19. The molecule has 0 bridgehead atoms. The summed E-state index contributed by atoms with van der Waals surface area (Å²) >= 11 is 0. The molecule has 1 aliphatic heterocycles. The van der Waals surface area contributed by atoms with Crippen molar-refractivity contribution in [3.8, 4) is 0 Å². The predicted octanol–water partition coefficient (Wildman–Crippen LogP) is 3.22. The molecule has 0 saturated carbocycles. The van der Waals surface area contributed by atoms with Crippen LogP contribution in [0.4, 0.5) is 11.5 Å². The molecular formula is C19H23N5. The Morgan fingerprint density at radius 3 is 2.96 bits per heavy atom. The Morgan fingerprint density at radius 2 is 2.08 bits per heavy atom. The van der Waals surface area contributed by atoms with E-state index in [0.29, 0.717) is 6.04 Å². The molecule has 1 aromatic heterocycles. The number of nitrogens with one attached hydrogen (secondary N) is 2. The van der Waals surface area contributed by atoms with Gasteiger partial charge in [-0.1, -0.05) is 30.3 Å². The second-order valence-corrected chi connectivity index (χ2v) is 6.58. The van der Waals surface area contributed by atoms with E-state index in [2.05, 4.69) is 50.7 Å². The maximum Gasteiger partial charge on any atom is 0.156 e. The van der Waals surface area contributed by atoms with Gasteiger partial charge in [0.1, 0.15) is 0 Å². The summed E-state index contributed by atoms with van der Waals surface area (Å²) in [5, 5.41) is 12.2. The van der Waals surface area contributed by atoms with Gasteiger partial charge in [0.25, 0.3) is 0 Å². The maximum absolute atomic E-state index is 5.92. The number of fused-ring (bicyclic) bond motifs is 1. The van der Waals surface area contributed by atoms with Crippen molar-refractivity contribution in [2.75, 3.05) is 24.1 Å². The monoisotopic (exact) mass is 321 g/mol. The second-order valence-electron chi connectivity index (χ2n) is 6.58. The Kier molecular flexibility index (Phi) is 4.09. The standard InChI is InChI=1S/C19H23N5/c20-15-8-9-18-17(11-15)19(23-22-18)21-16-7-4-10-24(13-16)12-14-5-2-1-3-6-14/h1-3,5-6,8-9,11,16H,4,7,10,12-13,20H2,(H2,21,22,23). The fraction of sp³-hybridized carbons (Fsp3) is 0.316. The van der Waals surface area contributed by atoms with E-state index < -0.39 is 0 Å². The third-order valence-electron chi connectivity index (χ3n) is 4.68. The van der Waals surface area contributed by atoms with Crippen LogP contribution < -0.4 is 11.1 Å². The van der Waals surface area contributed by atoms with E-state index in [1.165, 1.54) is 18.4 Å². The van der Waals surface area contributed by atoms with Crippen LogP contribution in [0.5, 0.6) is 0 Å². The van der Waals surface area contributed by atoms with Crippen molar-refractivity contribution in [2.45, 2.75) is 25.4 Å². The molecule has 2 heterocycles. The first kappa shape index (κ1) is 15.0. The molecule has 1 saturated heterocycles. The molecule has 4 N–H and O–H groups in total. The quantitative estimate of drug-likeness (QED) is 0.645. The highest BCUT2D eigenvalue weighted by Crippen LogP contribution is 2.25. The van der Waals surface area contributed by atoms with Crippen molar-refractivity contribution in [1.82, 2.24) is 15.1 Å². The average Bonchev–Trinajstić information content (AvgIpc) is 2.98. The van der Waals surface area contributed by atoms with Crippen molar-refractivity contribution in [3.05, 3.63) is 54.1 Å². The molecule has 3 aromatic rings.